The van der Waals surface area contributed by atoms with Gasteiger partial charge in [0.2, 0.25) is 11.9 Å². The van der Waals surface area contributed by atoms with Crippen LogP contribution in [0.1, 0.15) is 6.92 Å². The monoisotopic (exact) mass is 1100 g/mol. The molecule has 1 aliphatic rings. The van der Waals surface area contributed by atoms with Crippen molar-refractivity contribution < 1.29 is 103 Å². The van der Waals surface area contributed by atoms with Gasteiger partial charge in [-0.3, -0.25) is 23.2 Å². The van der Waals surface area contributed by atoms with Crippen LogP contribution in [0.15, 0.2) is 122 Å². The van der Waals surface area contributed by atoms with Crippen LogP contribution in [0.2, 0.25) is 0 Å². The average molecular weight is 1100 g/mol. The van der Waals surface area contributed by atoms with Crippen LogP contribution in [0.4, 0.5) is 39.8 Å². The van der Waals surface area contributed by atoms with Crippen LogP contribution in [-0.4, -0.2) is 126 Å². The summed E-state index contributed by atoms with van der Waals surface area (Å²) in [5.74, 6) is -6.52. The number of hydrogen-bond donors (Lipinski definition) is 10. The van der Waals surface area contributed by atoms with Crippen molar-refractivity contribution in [3.63, 3.8) is 0 Å². The number of aliphatic hydroxyl groups excluding tert-OH is 2. The molecule has 1 unspecified atom stereocenters. The first-order valence-corrected chi connectivity index (χ1v) is 24.6. The molecule has 0 radical (unpaired) electrons. The molecular formula is C38H33N9O22S4. The summed E-state index contributed by atoms with van der Waals surface area (Å²) in [6.45, 7) is -1.11. The number of hydrogen-bond acceptors (Lipinski definition) is 26. The molecule has 5 aromatic rings. The summed E-state index contributed by atoms with van der Waals surface area (Å²) in [4.78, 5) is 34.2. The fourth-order valence-electron chi connectivity index (χ4n) is 6.27. The fourth-order valence-corrected chi connectivity index (χ4v) is 8.55. The Balaban J connectivity index is 1.47. The van der Waals surface area contributed by atoms with Crippen LogP contribution < -0.4 is 19.8 Å². The lowest BCUT2D eigenvalue weighted by Crippen LogP contribution is -2.33. The second-order valence-electron chi connectivity index (χ2n) is 14.1. The molecule has 6 rings (SSSR count). The number of fused-ring (bicyclic) bond motifs is 1. The largest absolute Gasteiger partial charge is 0.505 e. The number of aromatic hydroxyl groups is 2. The van der Waals surface area contributed by atoms with Crippen LogP contribution in [0.5, 0.6) is 23.0 Å². The van der Waals surface area contributed by atoms with E-state index in [0.29, 0.717) is 11.1 Å². The Bertz CT molecular complexity index is 3500. The maximum absolute atomic E-state index is 13.5. The van der Waals surface area contributed by atoms with Crippen molar-refractivity contribution in [2.75, 3.05) is 36.8 Å². The lowest BCUT2D eigenvalue weighted by Gasteiger charge is -2.14. The zero-order chi connectivity index (χ0) is 53.6. The fraction of sp³-hybridized carbons (Fsp3) is 0.158. The lowest BCUT2D eigenvalue weighted by molar-refractivity contribution is -0.432. The van der Waals surface area contributed by atoms with E-state index in [4.69, 9.17) is 14.7 Å². The highest BCUT2D eigenvalue weighted by molar-refractivity contribution is 7.94. The van der Waals surface area contributed by atoms with E-state index < -0.39 is 157 Å². The zero-order valence-corrected chi connectivity index (χ0v) is 39.6. The molecule has 1 aliphatic heterocycles. The third kappa shape index (κ3) is 12.7. The minimum Gasteiger partial charge on any atom is -0.505 e. The SMILES string of the molecule is CC(=O)Nc1ccc(/N=N/c2c(SOOO)cc3cc(S(=O)(=O)O)c(/N=N/c4cc(OCCO)c(/N=N/C5C(=O)N(c6ccc(S(=O)(=O)O)cc6)N=C5C(=O)O)cc4OCCO)c(O)c3c2O)c(S(=O)(=O)O)c1. The highest BCUT2D eigenvalue weighted by atomic mass is 32.2. The summed E-state index contributed by atoms with van der Waals surface area (Å²) < 4.78 is 118. The van der Waals surface area contributed by atoms with Gasteiger partial charge >= 0.3 is 5.97 Å². The quantitative estimate of drug-likeness (QED) is 0.0154. The van der Waals surface area contributed by atoms with Crippen LogP contribution >= 0.6 is 12.0 Å². The van der Waals surface area contributed by atoms with Gasteiger partial charge in [-0.15, -0.1) is 24.8 Å². The molecule has 5 aromatic carbocycles. The molecule has 1 heterocycles. The normalized spacial score (nSPS) is 14.5. The maximum Gasteiger partial charge on any atom is 0.355 e. The summed E-state index contributed by atoms with van der Waals surface area (Å²) in [6.07, 6.45) is 0. The maximum atomic E-state index is 13.5. The number of carbonyl (C=O) groups excluding carboxylic acids is 2. The van der Waals surface area contributed by atoms with E-state index in [1.165, 1.54) is 6.07 Å². The molecule has 0 fully saturated rings. The number of benzene rings is 5. The molecule has 31 nitrogen and oxygen atoms in total. The predicted molar refractivity (Wildman–Crippen MR) is 245 cm³/mol. The molecule has 35 heteroatoms. The summed E-state index contributed by atoms with van der Waals surface area (Å²) in [6, 6.07) is 8.54. The van der Waals surface area contributed by atoms with Gasteiger partial charge in [-0.05, 0) is 60.0 Å². The summed E-state index contributed by atoms with van der Waals surface area (Å²) in [7, 11) is -15.1. The number of azo groups is 3. The van der Waals surface area contributed by atoms with E-state index in [-0.39, 0.29) is 34.9 Å². The highest BCUT2D eigenvalue weighted by Crippen LogP contribution is 2.52. The summed E-state index contributed by atoms with van der Waals surface area (Å²) >= 11 is 0.105. The van der Waals surface area contributed by atoms with Crippen molar-refractivity contribution >= 4 is 116 Å². The Hall–Kier alpha value is -7.68. The number of carboxylic acids is 1. The van der Waals surface area contributed by atoms with Crippen LogP contribution in [-0.2, 0) is 54.1 Å². The van der Waals surface area contributed by atoms with Gasteiger partial charge in [0, 0.05) is 24.7 Å². The summed E-state index contributed by atoms with van der Waals surface area (Å²) in [5, 5.41) is 93.4. The number of hydrazone groups is 1. The van der Waals surface area contributed by atoms with E-state index >= 15 is 0 Å². The Kier molecular flexibility index (Phi) is 16.8. The van der Waals surface area contributed by atoms with E-state index in [9.17, 15) is 78.8 Å². The number of aliphatic hydroxyl groups is 2. The van der Waals surface area contributed by atoms with Gasteiger partial charge < -0.3 is 40.3 Å². The highest BCUT2D eigenvalue weighted by Gasteiger charge is 2.41. The number of nitrogens with one attached hydrogen (secondary N) is 1. The number of carboxylic acid groups (broad SMARTS) is 1. The molecule has 0 saturated carbocycles. The molecule has 0 saturated heterocycles. The first kappa shape index (κ1) is 54.6. The number of ether oxygens (including phenoxy) is 2. The number of amides is 2. The Morgan fingerprint density at radius 2 is 1.32 bits per heavy atom. The molecule has 0 spiro atoms. The van der Waals surface area contributed by atoms with Crippen molar-refractivity contribution in [1.29, 1.82) is 0 Å². The van der Waals surface area contributed by atoms with Crippen molar-refractivity contribution in [3.05, 3.63) is 66.7 Å². The third-order valence-electron chi connectivity index (χ3n) is 9.28. The topological polar surface area (TPSA) is 474 Å². The molecule has 0 aliphatic carbocycles. The third-order valence-corrected chi connectivity index (χ3v) is 12.5. The smallest absolute Gasteiger partial charge is 0.355 e. The van der Waals surface area contributed by atoms with Crippen molar-refractivity contribution in [3.8, 4) is 23.0 Å². The molecule has 386 valence electrons. The number of carbonyl (C=O) groups is 3. The predicted octanol–water partition coefficient (Wildman–Crippen LogP) is 4.89. The molecular weight excluding hydrogens is 1060 g/mol. The van der Waals surface area contributed by atoms with Gasteiger partial charge in [0.15, 0.2) is 17.2 Å². The van der Waals surface area contributed by atoms with Gasteiger partial charge in [0.05, 0.1) is 46.1 Å². The molecule has 0 bridgehead atoms. The molecule has 73 heavy (non-hydrogen) atoms. The van der Waals surface area contributed by atoms with Gasteiger partial charge in [0.1, 0.15) is 62.9 Å². The number of anilines is 2. The molecule has 2 amide bonds. The van der Waals surface area contributed by atoms with Crippen LogP contribution in [0.25, 0.3) is 10.8 Å². The molecule has 1 atom stereocenters. The molecule has 10 N–H and O–H groups in total. The van der Waals surface area contributed by atoms with E-state index in [0.717, 1.165) is 61.5 Å². The van der Waals surface area contributed by atoms with E-state index in [1.54, 1.807) is 0 Å². The standard InChI is InChI=1S/C38H33N9O22S4/c1-17(50)39-19-2-7-22(28(14-19)72(60,61)62)40-43-31-27(70-69-68-56)12-18-13-29(73(63,64)65)32(36(52)30(18)35(31)51)44-41-23-15-26(67-11-9-49)24(16-25(23)66-10-8-48)42-45-33-34(38(54)55)46-47(37(33)53)20-3-5-21(6-4-20)71(57,58)59/h2-7,12-16,33,48-49,51-52,56H,8-11H2,1H3,(H,39,50)(H,54,55)(H,57,58,59)(H,60,61,62)(H,63,64,65)/b43-40+,44-41+,45-42+. The van der Waals surface area contributed by atoms with E-state index in [1.807, 2.05) is 0 Å². The Morgan fingerprint density at radius 1 is 0.740 bits per heavy atom. The van der Waals surface area contributed by atoms with Crippen molar-refractivity contribution in [2.45, 2.75) is 32.5 Å². The van der Waals surface area contributed by atoms with Crippen LogP contribution in [0.3, 0.4) is 0 Å². The number of rotatable bonds is 21. The first-order valence-electron chi connectivity index (χ1n) is 19.6. The zero-order valence-electron chi connectivity index (χ0n) is 36.3. The first-order chi connectivity index (χ1) is 34.4. The van der Waals surface area contributed by atoms with E-state index in [2.05, 4.69) is 50.5 Å². The van der Waals surface area contributed by atoms with Gasteiger partial charge in [-0.2, -0.15) is 45.6 Å². The number of phenols is 2. The lowest BCUT2D eigenvalue weighted by atomic mass is 10.1. The van der Waals surface area contributed by atoms with Gasteiger partial charge in [-0.25, -0.2) is 10.1 Å². The number of aliphatic carboxylic acids is 1. The van der Waals surface area contributed by atoms with Crippen molar-refractivity contribution in [1.82, 2.24) is 0 Å². The minimum absolute atomic E-state index is 0.0912. The second-order valence-corrected chi connectivity index (χ2v) is 19.1. The van der Waals surface area contributed by atoms with Gasteiger partial charge in [-0.1, -0.05) is 5.04 Å². The van der Waals surface area contributed by atoms with Gasteiger partial charge in [0.25, 0.3) is 36.3 Å². The van der Waals surface area contributed by atoms with Crippen LogP contribution in [0, 0.1) is 0 Å². The number of phenolic OH excluding ortho intramolecular Hbond substituents is 2. The Labute approximate surface area is 412 Å². The summed E-state index contributed by atoms with van der Waals surface area (Å²) in [5.41, 5.74) is -4.29. The molecule has 0 aromatic heterocycles. The average Bonchev–Trinajstić information content (AvgIpc) is 3.65. The minimum atomic E-state index is -5.40. The van der Waals surface area contributed by atoms with Crippen molar-refractivity contribution in [2.24, 2.45) is 35.8 Å². The Morgan fingerprint density at radius 3 is 1.86 bits per heavy atom. The number of nitrogens with zero attached hydrogens (tertiary/aromatic N) is 8. The second kappa shape index (κ2) is 22.4.